The highest BCUT2D eigenvalue weighted by Gasteiger charge is 2.22. The first-order chi connectivity index (χ1) is 9.87. The smallest absolute Gasteiger partial charge is 0.440 e. The van der Waals surface area contributed by atoms with E-state index in [1.54, 1.807) is 17.6 Å². The molecule has 0 saturated carbocycles. The van der Waals surface area contributed by atoms with Gasteiger partial charge in [0.2, 0.25) is 3.79 Å². The van der Waals surface area contributed by atoms with Crippen molar-refractivity contribution in [3.05, 3.63) is 42.0 Å². The molecule has 114 valence electrons. The lowest BCUT2D eigenvalue weighted by molar-refractivity contribution is -0.148. The fraction of sp³-hybridized carbons (Fsp3) is 0.231. The van der Waals surface area contributed by atoms with Crippen LogP contribution in [0.3, 0.4) is 0 Å². The molecule has 1 rings (SSSR count). The molecule has 0 aliphatic heterocycles. The van der Waals surface area contributed by atoms with E-state index in [9.17, 15) is 9.59 Å². The Morgan fingerprint density at radius 2 is 1.86 bits per heavy atom. The van der Waals surface area contributed by atoms with Gasteiger partial charge in [-0.1, -0.05) is 77.3 Å². The van der Waals surface area contributed by atoms with Crippen LogP contribution >= 0.6 is 34.8 Å². The molecule has 5 nitrogen and oxygen atoms in total. The molecule has 8 heteroatoms. The third-order valence-corrected chi connectivity index (χ3v) is 2.34. The molecule has 0 saturated heterocycles. The van der Waals surface area contributed by atoms with Crippen LogP contribution in [0.5, 0.6) is 0 Å². The topological polar surface area (TPSA) is 64.6 Å². The van der Waals surface area contributed by atoms with Crippen molar-refractivity contribution in [1.29, 1.82) is 0 Å². The van der Waals surface area contributed by atoms with E-state index in [0.29, 0.717) is 0 Å². The predicted octanol–water partition coefficient (Wildman–Crippen LogP) is 3.64. The van der Waals surface area contributed by atoms with E-state index < -0.39 is 22.5 Å². The van der Waals surface area contributed by atoms with Gasteiger partial charge in [0.25, 0.3) is 0 Å². The van der Waals surface area contributed by atoms with Crippen molar-refractivity contribution in [2.24, 2.45) is 0 Å². The Hall–Kier alpha value is -1.43. The maximum atomic E-state index is 11.3. The SMILES string of the molecule is O=C(C/C=C/c1ccccc1)ONC(=O)OCC(Cl)(Cl)Cl. The van der Waals surface area contributed by atoms with E-state index in [-0.39, 0.29) is 6.42 Å². The molecule has 0 heterocycles. The highest BCUT2D eigenvalue weighted by molar-refractivity contribution is 6.67. The van der Waals surface area contributed by atoms with Crippen LogP contribution in [0.15, 0.2) is 36.4 Å². The third-order valence-electron chi connectivity index (χ3n) is 2.01. The number of ether oxygens (including phenoxy) is 1. The minimum absolute atomic E-state index is 0.0143. The van der Waals surface area contributed by atoms with Gasteiger partial charge < -0.3 is 9.57 Å². The van der Waals surface area contributed by atoms with Crippen molar-refractivity contribution in [1.82, 2.24) is 5.48 Å². The second kappa shape index (κ2) is 8.77. The Labute approximate surface area is 136 Å². The Morgan fingerprint density at radius 1 is 1.19 bits per heavy atom. The van der Waals surface area contributed by atoms with Crippen LogP contribution < -0.4 is 5.48 Å². The molecule has 0 atom stereocenters. The zero-order chi connectivity index (χ0) is 15.7. The van der Waals surface area contributed by atoms with Gasteiger partial charge >= 0.3 is 12.1 Å². The number of hydrogen-bond donors (Lipinski definition) is 1. The van der Waals surface area contributed by atoms with Gasteiger partial charge in [0, 0.05) is 0 Å². The minimum atomic E-state index is -1.72. The van der Waals surface area contributed by atoms with Crippen molar-refractivity contribution in [3.63, 3.8) is 0 Å². The lowest BCUT2D eigenvalue weighted by Crippen LogP contribution is -2.30. The third kappa shape index (κ3) is 9.18. The molecule has 0 fully saturated rings. The van der Waals surface area contributed by atoms with Gasteiger partial charge in [-0.15, -0.1) is 5.48 Å². The summed E-state index contributed by atoms with van der Waals surface area (Å²) >= 11 is 16.1. The van der Waals surface area contributed by atoms with Crippen LogP contribution in [0, 0.1) is 0 Å². The normalized spacial score (nSPS) is 11.2. The molecule has 0 aromatic heterocycles. The van der Waals surface area contributed by atoms with Gasteiger partial charge in [0.1, 0.15) is 6.61 Å². The molecule has 1 aromatic carbocycles. The van der Waals surface area contributed by atoms with Gasteiger partial charge in [0.15, 0.2) is 0 Å². The molecule has 1 amide bonds. The number of halogens is 3. The quantitative estimate of drug-likeness (QED) is 0.663. The van der Waals surface area contributed by atoms with E-state index in [1.807, 2.05) is 30.3 Å². The van der Waals surface area contributed by atoms with Crippen LogP contribution in [0.25, 0.3) is 6.08 Å². The number of alkyl halides is 3. The lowest BCUT2D eigenvalue weighted by atomic mass is 10.2. The van der Waals surface area contributed by atoms with Crippen molar-refractivity contribution in [3.8, 4) is 0 Å². The fourth-order valence-corrected chi connectivity index (χ4v) is 1.34. The number of rotatable bonds is 4. The Kier molecular flexibility index (Phi) is 7.36. The summed E-state index contributed by atoms with van der Waals surface area (Å²) in [6.45, 7) is -0.463. The molecule has 21 heavy (non-hydrogen) atoms. The number of carbonyl (C=O) groups excluding carboxylic acids is 2. The molecule has 0 radical (unpaired) electrons. The molecule has 1 aromatic rings. The molecular formula is C13H12Cl3NO4. The molecule has 0 spiro atoms. The second-order valence-electron chi connectivity index (χ2n) is 3.78. The van der Waals surface area contributed by atoms with Gasteiger partial charge in [-0.25, -0.2) is 9.59 Å². The zero-order valence-corrected chi connectivity index (χ0v) is 13.0. The summed E-state index contributed by atoms with van der Waals surface area (Å²) in [5, 5.41) is 0. The highest BCUT2D eigenvalue weighted by atomic mass is 35.6. The first-order valence-corrected chi connectivity index (χ1v) is 6.91. The fourth-order valence-electron chi connectivity index (χ4n) is 1.17. The monoisotopic (exact) mass is 351 g/mol. The minimum Gasteiger partial charge on any atom is -0.443 e. The van der Waals surface area contributed by atoms with Crippen molar-refractivity contribution in [2.75, 3.05) is 6.61 Å². The summed E-state index contributed by atoms with van der Waals surface area (Å²) in [4.78, 5) is 26.9. The predicted molar refractivity (Wildman–Crippen MR) is 81.0 cm³/mol. The van der Waals surface area contributed by atoms with E-state index in [4.69, 9.17) is 34.8 Å². The average Bonchev–Trinajstić information content (AvgIpc) is 2.43. The van der Waals surface area contributed by atoms with Crippen molar-refractivity contribution < 1.29 is 19.2 Å². The Morgan fingerprint density at radius 3 is 2.48 bits per heavy atom. The number of hydroxylamine groups is 1. The van der Waals surface area contributed by atoms with Crippen LogP contribution in [0.2, 0.25) is 0 Å². The lowest BCUT2D eigenvalue weighted by Gasteiger charge is -2.11. The summed E-state index contributed by atoms with van der Waals surface area (Å²) in [5.41, 5.74) is 2.73. The highest BCUT2D eigenvalue weighted by Crippen LogP contribution is 2.25. The van der Waals surface area contributed by atoms with Gasteiger partial charge in [-0.05, 0) is 5.56 Å². The van der Waals surface area contributed by atoms with Crippen molar-refractivity contribution >= 4 is 52.9 Å². The summed E-state index contributed by atoms with van der Waals surface area (Å²) in [5.74, 6) is -0.659. The molecular weight excluding hydrogens is 341 g/mol. The van der Waals surface area contributed by atoms with E-state index in [0.717, 1.165) is 5.56 Å². The number of nitrogens with one attached hydrogen (secondary N) is 1. The van der Waals surface area contributed by atoms with Crippen LogP contribution in [-0.4, -0.2) is 22.5 Å². The summed E-state index contributed by atoms with van der Waals surface area (Å²) in [7, 11) is 0. The molecule has 0 aliphatic rings. The first-order valence-electron chi connectivity index (χ1n) is 5.77. The average molecular weight is 353 g/mol. The van der Waals surface area contributed by atoms with Gasteiger partial charge in [-0.2, -0.15) is 0 Å². The molecule has 0 bridgehead atoms. The van der Waals surface area contributed by atoms with Crippen LogP contribution in [-0.2, 0) is 14.4 Å². The molecule has 0 aliphatic carbocycles. The van der Waals surface area contributed by atoms with Crippen LogP contribution in [0.1, 0.15) is 12.0 Å². The number of amides is 1. The van der Waals surface area contributed by atoms with Gasteiger partial charge in [-0.3, -0.25) is 0 Å². The standard InChI is InChI=1S/C13H12Cl3NO4/c14-13(15,16)9-20-12(19)17-21-11(18)8-4-7-10-5-2-1-3-6-10/h1-7H,8-9H2,(H,17,19)/b7-4+. The van der Waals surface area contributed by atoms with Crippen LogP contribution in [0.4, 0.5) is 4.79 Å². The van der Waals surface area contributed by atoms with E-state index in [2.05, 4.69) is 9.57 Å². The largest absolute Gasteiger partial charge is 0.443 e. The maximum absolute atomic E-state index is 11.3. The summed E-state index contributed by atoms with van der Waals surface area (Å²) < 4.78 is 2.77. The zero-order valence-electron chi connectivity index (χ0n) is 10.7. The summed E-state index contributed by atoms with van der Waals surface area (Å²) in [6, 6.07) is 9.40. The van der Waals surface area contributed by atoms with E-state index >= 15 is 0 Å². The maximum Gasteiger partial charge on any atom is 0.440 e. The molecule has 0 unspecified atom stereocenters. The number of benzene rings is 1. The van der Waals surface area contributed by atoms with Gasteiger partial charge in [0.05, 0.1) is 6.42 Å². The second-order valence-corrected chi connectivity index (χ2v) is 6.30. The Bertz CT molecular complexity index is 500. The van der Waals surface area contributed by atoms with E-state index in [1.165, 1.54) is 0 Å². The Balaban J connectivity index is 2.22. The summed E-state index contributed by atoms with van der Waals surface area (Å²) in [6.07, 6.45) is 2.32. The first kappa shape index (κ1) is 17.6. The number of carbonyl (C=O) groups is 2. The number of hydrogen-bond acceptors (Lipinski definition) is 4. The van der Waals surface area contributed by atoms with Crippen molar-refractivity contribution in [2.45, 2.75) is 10.2 Å². The molecule has 1 N–H and O–H groups in total.